The zero-order chi connectivity index (χ0) is 19.3. The quantitative estimate of drug-likeness (QED) is 0.625. The van der Waals surface area contributed by atoms with Crippen LogP contribution < -0.4 is 14.8 Å². The Bertz CT molecular complexity index is 892. The molecule has 27 heavy (non-hydrogen) atoms. The first kappa shape index (κ1) is 19.0. The Morgan fingerprint density at radius 2 is 1.37 bits per heavy atom. The third-order valence-corrected chi connectivity index (χ3v) is 4.10. The molecule has 0 heterocycles. The van der Waals surface area contributed by atoms with Gasteiger partial charge >= 0.3 is 6.18 Å². The van der Waals surface area contributed by atoms with Crippen LogP contribution in [-0.2, 0) is 13.1 Å². The fourth-order valence-corrected chi connectivity index (χ4v) is 2.73. The van der Waals surface area contributed by atoms with Crippen LogP contribution >= 0.6 is 0 Å². The molecule has 0 aliphatic heterocycles. The van der Waals surface area contributed by atoms with E-state index in [1.165, 1.54) is 0 Å². The molecule has 3 rings (SSSR count). The lowest BCUT2D eigenvalue weighted by atomic mass is 10.1. The molecule has 0 spiro atoms. The minimum absolute atomic E-state index is 0.209. The Kier molecular flexibility index (Phi) is 5.86. The normalized spacial score (nSPS) is 11.6. The van der Waals surface area contributed by atoms with Gasteiger partial charge in [-0.15, -0.1) is 0 Å². The van der Waals surface area contributed by atoms with Gasteiger partial charge in [-0.1, -0.05) is 30.3 Å². The lowest BCUT2D eigenvalue weighted by molar-refractivity contribution is -0.153. The zero-order valence-electron chi connectivity index (χ0n) is 14.8. The lowest BCUT2D eigenvalue weighted by Gasteiger charge is -2.10. The second kappa shape index (κ2) is 8.31. The Balaban J connectivity index is 1.52. The van der Waals surface area contributed by atoms with Crippen molar-refractivity contribution in [1.82, 2.24) is 5.32 Å². The number of halogens is 3. The van der Waals surface area contributed by atoms with E-state index in [1.807, 2.05) is 18.2 Å². The monoisotopic (exact) mass is 375 g/mol. The van der Waals surface area contributed by atoms with Gasteiger partial charge < -0.3 is 14.8 Å². The predicted molar refractivity (Wildman–Crippen MR) is 99.0 cm³/mol. The molecule has 0 unspecified atom stereocenters. The maximum absolute atomic E-state index is 12.1. The summed E-state index contributed by atoms with van der Waals surface area (Å²) in [6.45, 7) is 0.0208. The van der Waals surface area contributed by atoms with Crippen LogP contribution in [0.4, 0.5) is 13.2 Å². The highest BCUT2D eigenvalue weighted by Crippen LogP contribution is 2.22. The van der Waals surface area contributed by atoms with E-state index in [0.29, 0.717) is 13.1 Å². The van der Waals surface area contributed by atoms with Gasteiger partial charge in [0.05, 0.1) is 7.11 Å². The summed E-state index contributed by atoms with van der Waals surface area (Å²) < 4.78 is 46.4. The van der Waals surface area contributed by atoms with Crippen LogP contribution in [0.25, 0.3) is 10.8 Å². The van der Waals surface area contributed by atoms with Gasteiger partial charge in [-0.05, 0) is 52.2 Å². The number of methoxy groups -OCH3 is 1. The number of fused-ring (bicyclic) bond motifs is 1. The zero-order valence-corrected chi connectivity index (χ0v) is 14.8. The molecule has 3 nitrogen and oxygen atoms in total. The van der Waals surface area contributed by atoms with E-state index in [-0.39, 0.29) is 5.75 Å². The number of nitrogens with one attached hydrogen (secondary N) is 1. The molecule has 0 fully saturated rings. The average molecular weight is 375 g/mol. The molecule has 6 heteroatoms. The van der Waals surface area contributed by atoms with E-state index in [2.05, 4.69) is 23.5 Å². The number of benzene rings is 3. The van der Waals surface area contributed by atoms with Crippen molar-refractivity contribution in [1.29, 1.82) is 0 Å². The van der Waals surface area contributed by atoms with E-state index in [9.17, 15) is 13.2 Å². The van der Waals surface area contributed by atoms with E-state index in [1.54, 1.807) is 31.4 Å². The molecule has 0 bridgehead atoms. The lowest BCUT2D eigenvalue weighted by Crippen LogP contribution is -2.19. The van der Waals surface area contributed by atoms with Crippen molar-refractivity contribution in [3.05, 3.63) is 71.8 Å². The third kappa shape index (κ3) is 5.62. The van der Waals surface area contributed by atoms with Crippen molar-refractivity contribution in [3.8, 4) is 11.5 Å². The molecule has 3 aromatic rings. The Morgan fingerprint density at radius 1 is 0.778 bits per heavy atom. The largest absolute Gasteiger partial charge is 0.497 e. The van der Waals surface area contributed by atoms with Crippen molar-refractivity contribution in [2.45, 2.75) is 19.3 Å². The minimum Gasteiger partial charge on any atom is -0.497 e. The van der Waals surface area contributed by atoms with Gasteiger partial charge in [0.25, 0.3) is 0 Å². The Morgan fingerprint density at radius 3 is 2.07 bits per heavy atom. The van der Waals surface area contributed by atoms with Crippen molar-refractivity contribution in [2.24, 2.45) is 0 Å². The summed E-state index contributed by atoms with van der Waals surface area (Å²) in [5.74, 6) is 1.04. The molecule has 142 valence electrons. The van der Waals surface area contributed by atoms with Crippen LogP contribution in [0.1, 0.15) is 11.1 Å². The standard InChI is InChI=1S/C21H20F3NO2/c1-26-20-9-6-17-10-16(2-5-18(17)11-20)13-25-12-15-3-7-19(8-4-15)27-14-21(22,23)24/h2-11,25H,12-14H2,1H3. The van der Waals surface area contributed by atoms with Gasteiger partial charge in [0, 0.05) is 13.1 Å². The summed E-state index contributed by atoms with van der Waals surface area (Å²) in [6.07, 6.45) is -4.33. The molecule has 0 aliphatic rings. The maximum atomic E-state index is 12.1. The van der Waals surface area contributed by atoms with Gasteiger partial charge in [0.2, 0.25) is 0 Å². The molecule has 0 amide bonds. The van der Waals surface area contributed by atoms with E-state index in [0.717, 1.165) is 27.6 Å². The van der Waals surface area contributed by atoms with E-state index >= 15 is 0 Å². The molecule has 1 N–H and O–H groups in total. The number of hydrogen-bond acceptors (Lipinski definition) is 3. The molecule has 3 aromatic carbocycles. The van der Waals surface area contributed by atoms with Crippen molar-refractivity contribution in [2.75, 3.05) is 13.7 Å². The topological polar surface area (TPSA) is 30.5 Å². The second-order valence-corrected chi connectivity index (χ2v) is 6.20. The average Bonchev–Trinajstić information content (AvgIpc) is 2.66. The first-order chi connectivity index (χ1) is 12.9. The SMILES string of the molecule is COc1ccc2cc(CNCc3ccc(OCC(F)(F)F)cc3)ccc2c1. The van der Waals surface area contributed by atoms with Crippen molar-refractivity contribution < 1.29 is 22.6 Å². The van der Waals surface area contributed by atoms with Crippen LogP contribution in [0.5, 0.6) is 11.5 Å². The van der Waals surface area contributed by atoms with Gasteiger partial charge in [0.1, 0.15) is 11.5 Å². The molecular formula is C21H20F3NO2. The molecule has 0 saturated carbocycles. The first-order valence-corrected chi connectivity index (χ1v) is 8.49. The van der Waals surface area contributed by atoms with Crippen LogP contribution in [-0.4, -0.2) is 19.9 Å². The van der Waals surface area contributed by atoms with Crippen LogP contribution in [0, 0.1) is 0 Å². The maximum Gasteiger partial charge on any atom is 0.422 e. The summed E-state index contributed by atoms with van der Waals surface area (Å²) >= 11 is 0. The Labute approximate surface area is 155 Å². The summed E-state index contributed by atoms with van der Waals surface area (Å²) in [4.78, 5) is 0. The molecule has 0 aliphatic carbocycles. The Hall–Kier alpha value is -2.73. The smallest absolute Gasteiger partial charge is 0.422 e. The highest BCUT2D eigenvalue weighted by atomic mass is 19.4. The first-order valence-electron chi connectivity index (χ1n) is 8.49. The van der Waals surface area contributed by atoms with Crippen molar-refractivity contribution >= 4 is 10.8 Å². The molecule has 0 aromatic heterocycles. The molecular weight excluding hydrogens is 355 g/mol. The fraction of sp³-hybridized carbons (Fsp3) is 0.238. The number of rotatable bonds is 7. The molecule has 0 saturated heterocycles. The minimum atomic E-state index is -4.33. The third-order valence-electron chi connectivity index (χ3n) is 4.10. The summed E-state index contributed by atoms with van der Waals surface area (Å²) in [7, 11) is 1.65. The van der Waals surface area contributed by atoms with Crippen LogP contribution in [0.15, 0.2) is 60.7 Å². The van der Waals surface area contributed by atoms with E-state index < -0.39 is 12.8 Å². The number of hydrogen-bond donors (Lipinski definition) is 1. The molecule has 0 atom stereocenters. The van der Waals surface area contributed by atoms with Gasteiger partial charge in [-0.25, -0.2) is 0 Å². The molecule has 0 radical (unpaired) electrons. The van der Waals surface area contributed by atoms with Crippen molar-refractivity contribution in [3.63, 3.8) is 0 Å². The van der Waals surface area contributed by atoms with Crippen LogP contribution in [0.2, 0.25) is 0 Å². The number of ether oxygens (including phenoxy) is 2. The summed E-state index contributed by atoms with van der Waals surface area (Å²) in [6, 6.07) is 18.8. The van der Waals surface area contributed by atoms with Gasteiger partial charge in [-0.3, -0.25) is 0 Å². The summed E-state index contributed by atoms with van der Waals surface area (Å²) in [5, 5.41) is 5.59. The predicted octanol–water partition coefficient (Wildman–Crippen LogP) is 5.08. The van der Waals surface area contributed by atoms with Gasteiger partial charge in [0.15, 0.2) is 6.61 Å². The second-order valence-electron chi connectivity index (χ2n) is 6.20. The highest BCUT2D eigenvalue weighted by Gasteiger charge is 2.28. The van der Waals surface area contributed by atoms with E-state index in [4.69, 9.17) is 9.47 Å². The summed E-state index contributed by atoms with van der Waals surface area (Å²) in [5.41, 5.74) is 2.12. The highest BCUT2D eigenvalue weighted by molar-refractivity contribution is 5.84. The van der Waals surface area contributed by atoms with Gasteiger partial charge in [-0.2, -0.15) is 13.2 Å². The number of alkyl halides is 3. The van der Waals surface area contributed by atoms with Crippen LogP contribution in [0.3, 0.4) is 0 Å². The fourth-order valence-electron chi connectivity index (χ4n) is 2.73.